The monoisotopic (exact) mass is 592 g/mol. The van der Waals surface area contributed by atoms with E-state index in [1.807, 2.05) is 0 Å². The Kier molecular flexibility index (Phi) is 7.56. The summed E-state index contributed by atoms with van der Waals surface area (Å²) in [6.45, 7) is 21.2. The van der Waals surface area contributed by atoms with Crippen LogP contribution in [-0.4, -0.2) is 3.71 Å². The third kappa shape index (κ3) is 5.86. The summed E-state index contributed by atoms with van der Waals surface area (Å²) < 4.78 is 5.09. The molecule has 39 heavy (non-hydrogen) atoms. The standard InChI is InChI=1S/C21H25.C9H13.C8H8.Zr/c1-20(2,3)16-7-9-18-14(12-16)11-15-13-17(21(4,5)6)8-10-19(15)18;1-9(2,3)8-6-4-5-7-8;1-2-8-6-4-3-5-7-8;/h7-13H,1-6H3;6-7H,4H2,1-3H3;1,3-7H,2H2;. The SMILES string of the molecule is CC(C)(C)C1=CC[C]([Zr](=[CH]Cc2ccccc2)[CH]2c3cc(C(C)(C)C)ccc3-c3ccc(C(C)(C)C)cc32)=C1. The summed E-state index contributed by atoms with van der Waals surface area (Å²) in [6.07, 6.45) is 7.35. The van der Waals surface area contributed by atoms with Crippen LogP contribution in [0.4, 0.5) is 0 Å². The molecule has 2 aliphatic rings. The number of benzene rings is 3. The molecule has 0 aliphatic heterocycles. The van der Waals surface area contributed by atoms with Crippen molar-refractivity contribution < 1.29 is 21.3 Å². The van der Waals surface area contributed by atoms with Crippen molar-refractivity contribution in [1.29, 1.82) is 0 Å². The van der Waals surface area contributed by atoms with Crippen LogP contribution >= 0.6 is 0 Å². The van der Waals surface area contributed by atoms with Gasteiger partial charge in [-0.3, -0.25) is 0 Å². The molecule has 0 atom stereocenters. The summed E-state index contributed by atoms with van der Waals surface area (Å²) in [5, 5.41) is 0. The number of hydrogen-bond donors (Lipinski definition) is 0. The topological polar surface area (TPSA) is 0 Å². The van der Waals surface area contributed by atoms with E-state index in [9.17, 15) is 0 Å². The molecule has 0 heterocycles. The fourth-order valence-corrected chi connectivity index (χ4v) is 13.8. The van der Waals surface area contributed by atoms with Gasteiger partial charge in [0.15, 0.2) is 0 Å². The predicted octanol–water partition coefficient (Wildman–Crippen LogP) is 10.3. The zero-order valence-corrected chi connectivity index (χ0v) is 28.0. The molecule has 202 valence electrons. The van der Waals surface area contributed by atoms with Gasteiger partial charge in [0.2, 0.25) is 0 Å². The number of hydrogen-bond acceptors (Lipinski definition) is 0. The molecule has 5 rings (SSSR count). The van der Waals surface area contributed by atoms with Gasteiger partial charge in [0.1, 0.15) is 0 Å². The van der Waals surface area contributed by atoms with Gasteiger partial charge in [-0.15, -0.1) is 0 Å². The average Bonchev–Trinajstić information content (AvgIpc) is 3.47. The normalized spacial score (nSPS) is 16.2. The molecule has 0 spiro atoms. The van der Waals surface area contributed by atoms with Gasteiger partial charge in [0.05, 0.1) is 0 Å². The second-order valence-electron chi connectivity index (χ2n) is 14.7. The Hall–Kier alpha value is -2.11. The molecule has 0 N–H and O–H groups in total. The molecule has 0 fully saturated rings. The van der Waals surface area contributed by atoms with Crippen molar-refractivity contribution in [3.63, 3.8) is 0 Å². The zero-order chi connectivity index (χ0) is 28.2. The number of allylic oxidation sites excluding steroid dienone is 4. The van der Waals surface area contributed by atoms with Crippen LogP contribution in [0.15, 0.2) is 87.7 Å². The fraction of sp³-hybridized carbons (Fsp3) is 0.395. The Labute approximate surface area is 245 Å². The van der Waals surface area contributed by atoms with Gasteiger partial charge in [-0.1, -0.05) is 0 Å². The van der Waals surface area contributed by atoms with Gasteiger partial charge in [-0.2, -0.15) is 0 Å². The van der Waals surface area contributed by atoms with Crippen LogP contribution in [0.3, 0.4) is 0 Å². The molecule has 3 aromatic carbocycles. The Morgan fingerprint density at radius 1 is 0.692 bits per heavy atom. The Balaban J connectivity index is 1.73. The van der Waals surface area contributed by atoms with E-state index in [-0.39, 0.29) is 16.2 Å². The minimum atomic E-state index is -2.35. The van der Waals surface area contributed by atoms with Gasteiger partial charge >= 0.3 is 247 Å². The van der Waals surface area contributed by atoms with Crippen LogP contribution in [-0.2, 0) is 38.5 Å². The summed E-state index contributed by atoms with van der Waals surface area (Å²) in [5.41, 5.74) is 12.4. The van der Waals surface area contributed by atoms with Gasteiger partial charge in [0, 0.05) is 0 Å². The van der Waals surface area contributed by atoms with Crippen molar-refractivity contribution in [1.82, 2.24) is 0 Å². The molecule has 3 aromatic rings. The molecule has 0 unspecified atom stereocenters. The summed E-state index contributed by atoms with van der Waals surface area (Å²) in [4.78, 5) is 0. The number of rotatable bonds is 4. The molecule has 0 amide bonds. The molecule has 2 aliphatic carbocycles. The van der Waals surface area contributed by atoms with Crippen LogP contribution in [0.5, 0.6) is 0 Å². The summed E-state index contributed by atoms with van der Waals surface area (Å²) in [6, 6.07) is 25.9. The quantitative estimate of drug-likeness (QED) is 0.282. The number of fused-ring (bicyclic) bond motifs is 3. The maximum absolute atomic E-state index is 2.82. The molecule has 0 radical (unpaired) electrons. The first-order valence-corrected chi connectivity index (χ1v) is 18.7. The summed E-state index contributed by atoms with van der Waals surface area (Å²) in [5.74, 6) is 0. The van der Waals surface area contributed by atoms with E-state index in [0.717, 1.165) is 12.8 Å². The molecular formula is C38H46Zr. The first-order valence-electron chi connectivity index (χ1n) is 14.7. The molecule has 0 nitrogen and oxygen atoms in total. The summed E-state index contributed by atoms with van der Waals surface area (Å²) in [7, 11) is 0. The van der Waals surface area contributed by atoms with Gasteiger partial charge in [-0.05, 0) is 0 Å². The summed E-state index contributed by atoms with van der Waals surface area (Å²) >= 11 is -2.35. The fourth-order valence-electron chi connectivity index (χ4n) is 6.05. The Morgan fingerprint density at radius 2 is 1.23 bits per heavy atom. The predicted molar refractivity (Wildman–Crippen MR) is 168 cm³/mol. The van der Waals surface area contributed by atoms with Crippen molar-refractivity contribution in [2.75, 3.05) is 0 Å². The van der Waals surface area contributed by atoms with Crippen molar-refractivity contribution in [3.05, 3.63) is 116 Å². The molecule has 0 aromatic heterocycles. The first-order chi connectivity index (χ1) is 18.2. The Morgan fingerprint density at radius 3 is 1.69 bits per heavy atom. The molecule has 0 saturated heterocycles. The molecular weight excluding hydrogens is 548 g/mol. The molecule has 0 saturated carbocycles. The van der Waals surface area contributed by atoms with Gasteiger partial charge in [0.25, 0.3) is 0 Å². The first kappa shape index (κ1) is 28.4. The molecule has 0 bridgehead atoms. The van der Waals surface area contributed by atoms with Crippen molar-refractivity contribution >= 4 is 3.71 Å². The van der Waals surface area contributed by atoms with Crippen LogP contribution in [0, 0.1) is 5.41 Å². The van der Waals surface area contributed by atoms with Gasteiger partial charge in [-0.25, -0.2) is 0 Å². The van der Waals surface area contributed by atoms with Crippen LogP contribution in [0.2, 0.25) is 0 Å². The third-order valence-corrected chi connectivity index (χ3v) is 15.9. The van der Waals surface area contributed by atoms with Crippen molar-refractivity contribution in [2.24, 2.45) is 5.41 Å². The van der Waals surface area contributed by atoms with E-state index in [4.69, 9.17) is 0 Å². The van der Waals surface area contributed by atoms with Crippen LogP contribution in [0.1, 0.15) is 100 Å². The van der Waals surface area contributed by atoms with E-state index in [0.29, 0.717) is 3.63 Å². The van der Waals surface area contributed by atoms with Crippen molar-refractivity contribution in [3.8, 4) is 11.1 Å². The maximum atomic E-state index is 2.82. The van der Waals surface area contributed by atoms with Crippen LogP contribution < -0.4 is 0 Å². The van der Waals surface area contributed by atoms with E-state index in [1.54, 1.807) is 14.4 Å². The average molecular weight is 594 g/mol. The second kappa shape index (κ2) is 10.4. The minimum absolute atomic E-state index is 0.135. The van der Waals surface area contributed by atoms with E-state index >= 15 is 0 Å². The third-order valence-electron chi connectivity index (χ3n) is 8.57. The van der Waals surface area contributed by atoms with E-state index in [1.165, 1.54) is 33.4 Å². The van der Waals surface area contributed by atoms with E-state index < -0.39 is 21.3 Å². The van der Waals surface area contributed by atoms with E-state index in [2.05, 4.69) is 145 Å². The zero-order valence-electron chi connectivity index (χ0n) is 25.6. The molecule has 1 heteroatoms. The Bertz CT molecular complexity index is 1410. The van der Waals surface area contributed by atoms with Crippen LogP contribution in [0.25, 0.3) is 11.1 Å². The van der Waals surface area contributed by atoms with Gasteiger partial charge < -0.3 is 0 Å². The second-order valence-corrected chi connectivity index (χ2v) is 20.9. The van der Waals surface area contributed by atoms with Crippen molar-refractivity contribution in [2.45, 2.75) is 89.6 Å².